The lowest BCUT2D eigenvalue weighted by atomic mass is 10.1. The molecule has 2 rings (SSSR count). The van der Waals surface area contributed by atoms with E-state index in [1.165, 1.54) is 23.3 Å². The monoisotopic (exact) mass is 243 g/mol. The molecule has 0 heterocycles. The van der Waals surface area contributed by atoms with Crippen molar-refractivity contribution in [2.24, 2.45) is 0 Å². The molecule has 0 spiro atoms. The second kappa shape index (κ2) is 5.78. The summed E-state index contributed by atoms with van der Waals surface area (Å²) in [5.41, 5.74) is 3.63. The van der Waals surface area contributed by atoms with Crippen LogP contribution in [-0.2, 0) is 6.54 Å². The first-order valence-corrected chi connectivity index (χ1v) is 6.19. The van der Waals surface area contributed by atoms with Gasteiger partial charge in [0, 0.05) is 12.6 Å². The van der Waals surface area contributed by atoms with Crippen LogP contribution in [0.15, 0.2) is 48.5 Å². The predicted molar refractivity (Wildman–Crippen MR) is 72.8 cm³/mol. The molecule has 0 unspecified atom stereocenters. The van der Waals surface area contributed by atoms with E-state index in [0.29, 0.717) is 0 Å². The molecular formula is C16H18FN. The van der Waals surface area contributed by atoms with Gasteiger partial charge in [-0.3, -0.25) is 0 Å². The molecule has 94 valence electrons. The van der Waals surface area contributed by atoms with Crippen LogP contribution in [-0.4, -0.2) is 0 Å². The zero-order chi connectivity index (χ0) is 13.0. The normalized spacial score (nSPS) is 12.4. The van der Waals surface area contributed by atoms with Gasteiger partial charge in [-0.05, 0) is 37.1 Å². The van der Waals surface area contributed by atoms with Gasteiger partial charge in [-0.1, -0.05) is 42.0 Å². The molecule has 18 heavy (non-hydrogen) atoms. The molecule has 0 bridgehead atoms. The number of hydrogen-bond donors (Lipinski definition) is 1. The zero-order valence-electron chi connectivity index (χ0n) is 10.8. The lowest BCUT2D eigenvalue weighted by molar-refractivity contribution is 0.572. The highest BCUT2D eigenvalue weighted by molar-refractivity contribution is 5.24. The number of nitrogens with one attached hydrogen (secondary N) is 1. The lowest BCUT2D eigenvalue weighted by Crippen LogP contribution is -2.17. The van der Waals surface area contributed by atoms with E-state index in [4.69, 9.17) is 0 Å². The molecule has 0 saturated heterocycles. The molecule has 2 aromatic rings. The van der Waals surface area contributed by atoms with Gasteiger partial charge in [0.1, 0.15) is 5.82 Å². The average Bonchev–Trinajstić information content (AvgIpc) is 2.38. The Morgan fingerprint density at radius 3 is 2.22 bits per heavy atom. The third kappa shape index (κ3) is 3.41. The van der Waals surface area contributed by atoms with Gasteiger partial charge >= 0.3 is 0 Å². The maximum atomic E-state index is 12.8. The van der Waals surface area contributed by atoms with E-state index in [0.717, 1.165) is 12.1 Å². The molecule has 0 radical (unpaired) electrons. The van der Waals surface area contributed by atoms with Crippen LogP contribution in [0.5, 0.6) is 0 Å². The lowest BCUT2D eigenvalue weighted by Gasteiger charge is -2.14. The highest BCUT2D eigenvalue weighted by Gasteiger charge is 2.04. The smallest absolute Gasteiger partial charge is 0.123 e. The van der Waals surface area contributed by atoms with Gasteiger partial charge in [0.05, 0.1) is 0 Å². The van der Waals surface area contributed by atoms with Crippen molar-refractivity contribution in [1.29, 1.82) is 0 Å². The van der Waals surface area contributed by atoms with Crippen LogP contribution in [0.2, 0.25) is 0 Å². The molecule has 0 aromatic heterocycles. The van der Waals surface area contributed by atoms with E-state index >= 15 is 0 Å². The fourth-order valence-corrected chi connectivity index (χ4v) is 1.85. The average molecular weight is 243 g/mol. The summed E-state index contributed by atoms with van der Waals surface area (Å²) in [5.74, 6) is -0.190. The van der Waals surface area contributed by atoms with Gasteiger partial charge in [-0.2, -0.15) is 0 Å². The number of aryl methyl sites for hydroxylation is 1. The van der Waals surface area contributed by atoms with Crippen LogP contribution in [0.4, 0.5) is 4.39 Å². The molecule has 2 heteroatoms. The van der Waals surface area contributed by atoms with Crippen LogP contribution in [0.1, 0.15) is 29.7 Å². The topological polar surface area (TPSA) is 12.0 Å². The Balaban J connectivity index is 1.93. The van der Waals surface area contributed by atoms with Crippen molar-refractivity contribution in [2.75, 3.05) is 0 Å². The van der Waals surface area contributed by atoms with Crippen LogP contribution in [0.25, 0.3) is 0 Å². The minimum atomic E-state index is -0.190. The van der Waals surface area contributed by atoms with Crippen LogP contribution < -0.4 is 5.32 Å². The first-order valence-electron chi connectivity index (χ1n) is 6.19. The minimum Gasteiger partial charge on any atom is -0.306 e. The van der Waals surface area contributed by atoms with Crippen LogP contribution in [0, 0.1) is 12.7 Å². The Morgan fingerprint density at radius 2 is 1.61 bits per heavy atom. The van der Waals surface area contributed by atoms with Gasteiger partial charge in [0.15, 0.2) is 0 Å². The highest BCUT2D eigenvalue weighted by Crippen LogP contribution is 2.14. The Kier molecular flexibility index (Phi) is 4.11. The molecule has 0 aliphatic carbocycles. The van der Waals surface area contributed by atoms with E-state index in [1.807, 2.05) is 12.1 Å². The summed E-state index contributed by atoms with van der Waals surface area (Å²) in [6.07, 6.45) is 0. The van der Waals surface area contributed by atoms with Gasteiger partial charge in [-0.25, -0.2) is 4.39 Å². The molecule has 0 amide bonds. The number of halogens is 1. The number of benzene rings is 2. The molecule has 1 atom stereocenters. The van der Waals surface area contributed by atoms with Crippen LogP contribution >= 0.6 is 0 Å². The number of hydrogen-bond acceptors (Lipinski definition) is 1. The van der Waals surface area contributed by atoms with E-state index in [9.17, 15) is 4.39 Å². The quantitative estimate of drug-likeness (QED) is 0.856. The van der Waals surface area contributed by atoms with Crippen molar-refractivity contribution in [3.05, 3.63) is 71.0 Å². The Morgan fingerprint density at radius 1 is 1.00 bits per heavy atom. The summed E-state index contributed by atoms with van der Waals surface area (Å²) in [6.45, 7) is 4.96. The maximum Gasteiger partial charge on any atom is 0.123 e. The molecule has 0 aliphatic rings. The third-order valence-electron chi connectivity index (χ3n) is 3.10. The Labute approximate surface area is 108 Å². The van der Waals surface area contributed by atoms with Crippen molar-refractivity contribution in [2.45, 2.75) is 26.4 Å². The molecule has 0 fully saturated rings. The second-order valence-corrected chi connectivity index (χ2v) is 4.64. The van der Waals surface area contributed by atoms with Crippen molar-refractivity contribution < 1.29 is 4.39 Å². The van der Waals surface area contributed by atoms with Crippen LogP contribution in [0.3, 0.4) is 0 Å². The van der Waals surface area contributed by atoms with Gasteiger partial charge in [-0.15, -0.1) is 0 Å². The zero-order valence-corrected chi connectivity index (χ0v) is 10.8. The minimum absolute atomic E-state index is 0.190. The highest BCUT2D eigenvalue weighted by atomic mass is 19.1. The largest absolute Gasteiger partial charge is 0.306 e. The van der Waals surface area contributed by atoms with Gasteiger partial charge in [0.25, 0.3) is 0 Å². The van der Waals surface area contributed by atoms with E-state index < -0.39 is 0 Å². The summed E-state index contributed by atoms with van der Waals surface area (Å²) in [7, 11) is 0. The first kappa shape index (κ1) is 12.8. The molecule has 0 saturated carbocycles. The summed E-state index contributed by atoms with van der Waals surface area (Å²) < 4.78 is 12.8. The van der Waals surface area contributed by atoms with Crippen molar-refractivity contribution in [3.63, 3.8) is 0 Å². The standard InChI is InChI=1S/C16H18FN/c1-12-3-7-15(8-4-12)13(2)18-11-14-5-9-16(17)10-6-14/h3-10,13,18H,11H2,1-2H3/t13-/m0/s1. The molecular weight excluding hydrogens is 225 g/mol. The SMILES string of the molecule is Cc1ccc([C@H](C)NCc2ccc(F)cc2)cc1. The molecule has 2 aromatic carbocycles. The van der Waals surface area contributed by atoms with E-state index in [-0.39, 0.29) is 11.9 Å². The van der Waals surface area contributed by atoms with E-state index in [1.54, 1.807) is 0 Å². The fraction of sp³-hybridized carbons (Fsp3) is 0.250. The van der Waals surface area contributed by atoms with Gasteiger partial charge < -0.3 is 5.32 Å². The summed E-state index contributed by atoms with van der Waals surface area (Å²) in [5, 5.41) is 3.43. The Bertz CT molecular complexity index is 488. The molecule has 1 N–H and O–H groups in total. The van der Waals surface area contributed by atoms with Crippen molar-refractivity contribution in [1.82, 2.24) is 5.32 Å². The van der Waals surface area contributed by atoms with E-state index in [2.05, 4.69) is 43.4 Å². The first-order chi connectivity index (χ1) is 8.65. The third-order valence-corrected chi connectivity index (χ3v) is 3.10. The molecule has 0 aliphatic heterocycles. The maximum absolute atomic E-state index is 12.8. The number of rotatable bonds is 4. The summed E-state index contributed by atoms with van der Waals surface area (Å²) in [4.78, 5) is 0. The second-order valence-electron chi connectivity index (χ2n) is 4.64. The van der Waals surface area contributed by atoms with Gasteiger partial charge in [0.2, 0.25) is 0 Å². The van der Waals surface area contributed by atoms with Crippen molar-refractivity contribution in [3.8, 4) is 0 Å². The predicted octanol–water partition coefficient (Wildman–Crippen LogP) is 3.98. The van der Waals surface area contributed by atoms with Crippen molar-refractivity contribution >= 4 is 0 Å². The Hall–Kier alpha value is -1.67. The molecule has 1 nitrogen and oxygen atoms in total. The summed E-state index contributed by atoms with van der Waals surface area (Å²) in [6, 6.07) is 15.4. The summed E-state index contributed by atoms with van der Waals surface area (Å²) >= 11 is 0. The fourth-order valence-electron chi connectivity index (χ4n) is 1.85.